The SMILES string of the molecule is COCCn1c(Cc2ccc(-c3cccc(OCc4cccc5ncsc45)n3)cc2F)nc2ccc(C(=O)O)cc21. The predicted octanol–water partition coefficient (Wildman–Crippen LogP) is 6.36. The molecule has 0 atom stereocenters. The Balaban J connectivity index is 1.23. The van der Waals surface area contributed by atoms with Crippen molar-refractivity contribution in [3.05, 3.63) is 107 Å². The maximum Gasteiger partial charge on any atom is 0.335 e. The van der Waals surface area contributed by atoms with Crippen molar-refractivity contribution in [1.82, 2.24) is 19.5 Å². The monoisotopic (exact) mass is 568 g/mol. The molecule has 6 aromatic rings. The number of benzene rings is 3. The van der Waals surface area contributed by atoms with Crippen molar-refractivity contribution >= 4 is 38.6 Å². The molecule has 0 saturated carbocycles. The van der Waals surface area contributed by atoms with Gasteiger partial charge in [0.15, 0.2) is 0 Å². The third-order valence-electron chi connectivity index (χ3n) is 6.83. The number of thiazole rings is 1. The van der Waals surface area contributed by atoms with Crippen LogP contribution in [0.5, 0.6) is 5.88 Å². The van der Waals surface area contributed by atoms with Crippen molar-refractivity contribution in [2.24, 2.45) is 0 Å². The molecule has 0 aliphatic carbocycles. The molecular formula is C31H25FN4O4S. The molecule has 0 radical (unpaired) electrons. The molecule has 0 aliphatic rings. The van der Waals surface area contributed by atoms with Crippen LogP contribution >= 0.6 is 11.3 Å². The molecule has 0 aliphatic heterocycles. The molecule has 1 N–H and O–H groups in total. The second-order valence-electron chi connectivity index (χ2n) is 9.43. The number of nitrogens with zero attached hydrogens (tertiary/aromatic N) is 4. The topological polar surface area (TPSA) is 99.4 Å². The average Bonchev–Trinajstić information content (AvgIpc) is 3.60. The van der Waals surface area contributed by atoms with Gasteiger partial charge in [-0.3, -0.25) is 0 Å². The summed E-state index contributed by atoms with van der Waals surface area (Å²) in [6.07, 6.45) is 0.229. The summed E-state index contributed by atoms with van der Waals surface area (Å²) in [6, 6.07) is 21.1. The normalized spacial score (nSPS) is 11.4. The van der Waals surface area contributed by atoms with Gasteiger partial charge in [0.05, 0.1) is 44.6 Å². The molecule has 0 saturated heterocycles. The van der Waals surface area contributed by atoms with Crippen molar-refractivity contribution in [3.8, 4) is 17.1 Å². The molecule has 10 heteroatoms. The highest BCUT2D eigenvalue weighted by atomic mass is 32.1. The highest BCUT2D eigenvalue weighted by Gasteiger charge is 2.16. The lowest BCUT2D eigenvalue weighted by Crippen LogP contribution is -2.10. The molecule has 8 nitrogen and oxygen atoms in total. The number of carboxylic acids is 1. The summed E-state index contributed by atoms with van der Waals surface area (Å²) in [4.78, 5) is 25.1. The number of hydrogen-bond donors (Lipinski definition) is 1. The number of methoxy groups -OCH3 is 1. The lowest BCUT2D eigenvalue weighted by molar-refractivity contribution is 0.0697. The predicted molar refractivity (Wildman–Crippen MR) is 155 cm³/mol. The average molecular weight is 569 g/mol. The van der Waals surface area contributed by atoms with Gasteiger partial charge in [0.25, 0.3) is 0 Å². The summed E-state index contributed by atoms with van der Waals surface area (Å²) >= 11 is 1.57. The minimum absolute atomic E-state index is 0.164. The second kappa shape index (κ2) is 11.4. The molecule has 0 fully saturated rings. The molecule has 3 aromatic heterocycles. The van der Waals surface area contributed by atoms with Crippen molar-refractivity contribution in [2.75, 3.05) is 13.7 Å². The lowest BCUT2D eigenvalue weighted by atomic mass is 10.1. The molecule has 3 heterocycles. The van der Waals surface area contributed by atoms with E-state index in [-0.39, 0.29) is 17.8 Å². The number of ether oxygens (including phenoxy) is 2. The van der Waals surface area contributed by atoms with E-state index in [0.29, 0.717) is 59.3 Å². The maximum absolute atomic E-state index is 15.4. The Morgan fingerprint density at radius 1 is 1.00 bits per heavy atom. The number of pyridine rings is 1. The van der Waals surface area contributed by atoms with Crippen molar-refractivity contribution in [2.45, 2.75) is 19.6 Å². The van der Waals surface area contributed by atoms with E-state index in [2.05, 4.69) is 15.0 Å². The zero-order valence-electron chi connectivity index (χ0n) is 22.1. The van der Waals surface area contributed by atoms with E-state index in [0.717, 1.165) is 15.8 Å². The second-order valence-corrected chi connectivity index (χ2v) is 10.3. The van der Waals surface area contributed by atoms with Gasteiger partial charge in [0, 0.05) is 37.3 Å². The highest BCUT2D eigenvalue weighted by molar-refractivity contribution is 7.16. The van der Waals surface area contributed by atoms with E-state index < -0.39 is 5.97 Å². The van der Waals surface area contributed by atoms with Gasteiger partial charge >= 0.3 is 5.97 Å². The summed E-state index contributed by atoms with van der Waals surface area (Å²) in [7, 11) is 1.59. The highest BCUT2D eigenvalue weighted by Crippen LogP contribution is 2.27. The minimum atomic E-state index is -1.02. The Morgan fingerprint density at radius 3 is 2.71 bits per heavy atom. The first-order valence-electron chi connectivity index (χ1n) is 12.9. The summed E-state index contributed by atoms with van der Waals surface area (Å²) in [6.45, 7) is 1.21. The third-order valence-corrected chi connectivity index (χ3v) is 7.75. The molecule has 206 valence electrons. The van der Waals surface area contributed by atoms with Crippen LogP contribution in [0.1, 0.15) is 27.3 Å². The van der Waals surface area contributed by atoms with Crippen LogP contribution in [-0.4, -0.2) is 44.3 Å². The number of aromatic carboxylic acids is 1. The summed E-state index contributed by atoms with van der Waals surface area (Å²) in [5.41, 5.74) is 6.94. The number of aromatic nitrogens is 4. The standard InChI is InChI=1S/C31H25FN4O4S/c1-39-13-12-36-27-15-21(31(37)38)10-11-25(27)34-28(36)16-19-8-9-20(14-23(19)32)24-5-3-7-29(35-24)40-17-22-4-2-6-26-30(22)41-18-33-26/h2-11,14-15,18H,12-13,16-17H2,1H3,(H,37,38). The molecule has 41 heavy (non-hydrogen) atoms. The quantitative estimate of drug-likeness (QED) is 0.205. The first-order chi connectivity index (χ1) is 20.0. The van der Waals surface area contributed by atoms with Crippen molar-refractivity contribution in [1.29, 1.82) is 0 Å². The van der Waals surface area contributed by atoms with E-state index >= 15 is 4.39 Å². The number of carbonyl (C=O) groups is 1. The van der Waals surface area contributed by atoms with Crippen LogP contribution in [-0.2, 0) is 24.3 Å². The fourth-order valence-electron chi connectivity index (χ4n) is 4.76. The number of hydrogen-bond acceptors (Lipinski definition) is 7. The molecule has 3 aromatic carbocycles. The third kappa shape index (κ3) is 5.52. The number of halogens is 1. The van der Waals surface area contributed by atoms with Gasteiger partial charge in [0.1, 0.15) is 18.2 Å². The molecular weight excluding hydrogens is 543 g/mol. The van der Waals surface area contributed by atoms with E-state index in [4.69, 9.17) is 9.47 Å². The van der Waals surface area contributed by atoms with Crippen LogP contribution in [0.15, 0.2) is 78.3 Å². The Hall–Kier alpha value is -4.67. The van der Waals surface area contributed by atoms with Crippen molar-refractivity contribution in [3.63, 3.8) is 0 Å². The van der Waals surface area contributed by atoms with E-state index in [1.54, 1.807) is 42.7 Å². The molecule has 6 rings (SSSR count). The molecule has 0 spiro atoms. The van der Waals surface area contributed by atoms with Gasteiger partial charge < -0.3 is 19.1 Å². The fourth-order valence-corrected chi connectivity index (χ4v) is 5.55. The zero-order valence-corrected chi connectivity index (χ0v) is 22.9. The van der Waals surface area contributed by atoms with Crippen LogP contribution < -0.4 is 4.74 Å². The smallest absolute Gasteiger partial charge is 0.335 e. The lowest BCUT2D eigenvalue weighted by Gasteiger charge is -2.11. The maximum atomic E-state index is 15.4. The Labute approximate surface area is 238 Å². The zero-order chi connectivity index (χ0) is 28.3. The Bertz CT molecular complexity index is 1880. The molecule has 0 amide bonds. The van der Waals surface area contributed by atoms with Crippen LogP contribution in [0.25, 0.3) is 32.5 Å². The van der Waals surface area contributed by atoms with E-state index in [1.807, 2.05) is 46.5 Å². The van der Waals surface area contributed by atoms with Gasteiger partial charge in [-0.1, -0.05) is 30.3 Å². The fraction of sp³-hybridized carbons (Fsp3) is 0.161. The minimum Gasteiger partial charge on any atom is -0.478 e. The molecule has 0 bridgehead atoms. The van der Waals surface area contributed by atoms with Gasteiger partial charge in [0.2, 0.25) is 5.88 Å². The number of carboxylic acid groups (broad SMARTS) is 1. The van der Waals surface area contributed by atoms with Gasteiger partial charge in [-0.2, -0.15) is 0 Å². The number of imidazole rings is 1. The summed E-state index contributed by atoms with van der Waals surface area (Å²) in [5, 5.41) is 9.42. The van der Waals surface area contributed by atoms with E-state index in [1.165, 1.54) is 12.1 Å². The first kappa shape index (κ1) is 26.5. The van der Waals surface area contributed by atoms with Crippen LogP contribution in [0.2, 0.25) is 0 Å². The van der Waals surface area contributed by atoms with Crippen molar-refractivity contribution < 1.29 is 23.8 Å². The number of fused-ring (bicyclic) bond motifs is 2. The first-order valence-corrected chi connectivity index (χ1v) is 13.8. The van der Waals surface area contributed by atoms with Crippen LogP contribution in [0, 0.1) is 5.82 Å². The van der Waals surface area contributed by atoms with E-state index in [9.17, 15) is 9.90 Å². The van der Waals surface area contributed by atoms with Gasteiger partial charge in [-0.15, -0.1) is 11.3 Å². The Morgan fingerprint density at radius 2 is 1.88 bits per heavy atom. The van der Waals surface area contributed by atoms with Gasteiger partial charge in [-0.05, 0) is 42.0 Å². The van der Waals surface area contributed by atoms with Gasteiger partial charge in [-0.25, -0.2) is 24.1 Å². The number of rotatable bonds is 10. The van der Waals surface area contributed by atoms with Crippen LogP contribution in [0.4, 0.5) is 4.39 Å². The summed E-state index contributed by atoms with van der Waals surface area (Å²) in [5.74, 6) is -0.337. The largest absolute Gasteiger partial charge is 0.478 e. The van der Waals surface area contributed by atoms with Crippen LogP contribution in [0.3, 0.4) is 0 Å². The Kier molecular flexibility index (Phi) is 7.41. The summed E-state index contributed by atoms with van der Waals surface area (Å²) < 4.78 is 29.6. The molecule has 0 unspecified atom stereocenters.